The molecule has 0 saturated heterocycles. The fraction of sp³-hybridized carbons (Fsp3) is 0.211. The highest BCUT2D eigenvalue weighted by molar-refractivity contribution is 6.30. The Morgan fingerprint density at radius 1 is 1.33 bits per heavy atom. The van der Waals surface area contributed by atoms with Crippen molar-refractivity contribution in [3.8, 4) is 0 Å². The van der Waals surface area contributed by atoms with Gasteiger partial charge in [-0.1, -0.05) is 29.8 Å². The lowest BCUT2D eigenvalue weighted by Crippen LogP contribution is -2.29. The third kappa shape index (κ3) is 3.39. The molecule has 0 fully saturated rings. The molecule has 0 radical (unpaired) electrons. The van der Waals surface area contributed by atoms with Crippen LogP contribution in [0.25, 0.3) is 0 Å². The number of carboxylic acid groups (broad SMARTS) is 1. The number of halogens is 1. The molecule has 4 nitrogen and oxygen atoms in total. The maximum absolute atomic E-state index is 11.8. The van der Waals surface area contributed by atoms with Gasteiger partial charge in [0.05, 0.1) is 5.70 Å². The van der Waals surface area contributed by atoms with Crippen molar-refractivity contribution in [1.82, 2.24) is 10.2 Å². The van der Waals surface area contributed by atoms with Crippen molar-refractivity contribution >= 4 is 17.6 Å². The van der Waals surface area contributed by atoms with Crippen molar-refractivity contribution in [1.29, 1.82) is 0 Å². The van der Waals surface area contributed by atoms with E-state index in [1.165, 1.54) is 0 Å². The summed E-state index contributed by atoms with van der Waals surface area (Å²) in [5, 5.41) is 13.6. The lowest BCUT2D eigenvalue weighted by Gasteiger charge is -2.27. The fourth-order valence-corrected chi connectivity index (χ4v) is 3.06. The van der Waals surface area contributed by atoms with Gasteiger partial charge in [0.15, 0.2) is 5.70 Å². The van der Waals surface area contributed by atoms with E-state index in [-0.39, 0.29) is 5.70 Å². The highest BCUT2D eigenvalue weighted by Gasteiger charge is 2.25. The minimum Gasteiger partial charge on any atom is -0.476 e. The molecule has 0 amide bonds. The molecule has 0 aromatic heterocycles. The van der Waals surface area contributed by atoms with E-state index < -0.39 is 5.97 Å². The van der Waals surface area contributed by atoms with Crippen LogP contribution in [0, 0.1) is 6.92 Å². The molecule has 0 atom stereocenters. The Morgan fingerprint density at radius 3 is 2.92 bits per heavy atom. The summed E-state index contributed by atoms with van der Waals surface area (Å²) in [5.74, 6) is -0.952. The summed E-state index contributed by atoms with van der Waals surface area (Å²) in [5.41, 5.74) is 3.89. The molecule has 3 rings (SSSR count). The minimum atomic E-state index is -0.952. The van der Waals surface area contributed by atoms with E-state index in [1.807, 2.05) is 49.6 Å². The number of fused-ring (bicyclic) bond motifs is 1. The highest BCUT2D eigenvalue weighted by atomic mass is 35.5. The number of aryl methyl sites for hydroxylation is 1. The van der Waals surface area contributed by atoms with E-state index in [4.69, 9.17) is 11.6 Å². The predicted octanol–water partition coefficient (Wildman–Crippen LogP) is 4.10. The summed E-state index contributed by atoms with van der Waals surface area (Å²) in [7, 11) is 0. The summed E-state index contributed by atoms with van der Waals surface area (Å²) in [6, 6.07) is 5.70. The second kappa shape index (κ2) is 6.97. The Hall–Kier alpha value is -2.46. The molecule has 1 aromatic carbocycles. The van der Waals surface area contributed by atoms with E-state index in [2.05, 4.69) is 11.4 Å². The van der Waals surface area contributed by atoms with Gasteiger partial charge in [0.2, 0.25) is 0 Å². The largest absolute Gasteiger partial charge is 0.476 e. The number of carbonyl (C=O) groups is 1. The zero-order valence-corrected chi connectivity index (χ0v) is 14.2. The quantitative estimate of drug-likeness (QED) is 0.865. The number of hydrogen-bond donors (Lipinski definition) is 2. The zero-order chi connectivity index (χ0) is 17.1. The first kappa shape index (κ1) is 16.4. The number of hydrogen-bond acceptors (Lipinski definition) is 3. The number of nitrogens with zero attached hydrogens (tertiary/aromatic N) is 1. The van der Waals surface area contributed by atoms with Crippen LogP contribution in [0.3, 0.4) is 0 Å². The van der Waals surface area contributed by atoms with E-state index >= 15 is 0 Å². The van der Waals surface area contributed by atoms with Crippen molar-refractivity contribution in [3.63, 3.8) is 0 Å². The third-order valence-corrected chi connectivity index (χ3v) is 4.35. The average molecular weight is 343 g/mol. The van der Waals surface area contributed by atoms with E-state index in [0.29, 0.717) is 17.3 Å². The van der Waals surface area contributed by atoms with Crippen molar-refractivity contribution in [2.75, 3.05) is 0 Å². The summed E-state index contributed by atoms with van der Waals surface area (Å²) in [6.45, 7) is 2.53. The average Bonchev–Trinajstić information content (AvgIpc) is 2.78. The lowest BCUT2D eigenvalue weighted by molar-refractivity contribution is -0.134. The molecule has 2 aliphatic heterocycles. The highest BCUT2D eigenvalue weighted by Crippen LogP contribution is 2.27. The predicted molar refractivity (Wildman–Crippen MR) is 95.1 cm³/mol. The molecule has 2 aliphatic rings. The van der Waals surface area contributed by atoms with Gasteiger partial charge in [-0.2, -0.15) is 0 Å². The van der Waals surface area contributed by atoms with Crippen molar-refractivity contribution in [2.45, 2.75) is 26.3 Å². The van der Waals surface area contributed by atoms with Crippen LogP contribution in [0.5, 0.6) is 0 Å². The minimum absolute atomic E-state index is 0.244. The van der Waals surface area contributed by atoms with Crippen LogP contribution in [0.4, 0.5) is 0 Å². The Labute approximate surface area is 146 Å². The van der Waals surface area contributed by atoms with Gasteiger partial charge in [-0.3, -0.25) is 0 Å². The van der Waals surface area contributed by atoms with Crippen LogP contribution < -0.4 is 5.32 Å². The van der Waals surface area contributed by atoms with Crippen molar-refractivity contribution in [2.24, 2.45) is 0 Å². The molecular weight excluding hydrogens is 324 g/mol. The van der Waals surface area contributed by atoms with Gasteiger partial charge in [-0.25, -0.2) is 4.79 Å². The van der Waals surface area contributed by atoms with E-state index in [9.17, 15) is 9.90 Å². The van der Waals surface area contributed by atoms with Crippen LogP contribution in [0.2, 0.25) is 5.02 Å². The van der Waals surface area contributed by atoms with Gasteiger partial charge in [-0.15, -0.1) is 0 Å². The normalized spacial score (nSPS) is 16.6. The molecule has 2 N–H and O–H groups in total. The molecule has 2 heterocycles. The van der Waals surface area contributed by atoms with Crippen molar-refractivity contribution in [3.05, 3.63) is 81.9 Å². The van der Waals surface area contributed by atoms with Gasteiger partial charge in [-0.05, 0) is 55.2 Å². The molecule has 0 saturated carbocycles. The molecule has 24 heavy (non-hydrogen) atoms. The van der Waals surface area contributed by atoms with Crippen LogP contribution in [0.15, 0.2) is 65.8 Å². The second-order valence-electron chi connectivity index (χ2n) is 5.79. The first-order chi connectivity index (χ1) is 11.6. The van der Waals surface area contributed by atoms with Gasteiger partial charge in [0.1, 0.15) is 0 Å². The molecule has 5 heteroatoms. The summed E-state index contributed by atoms with van der Waals surface area (Å²) in [6.07, 6.45) is 11.5. The van der Waals surface area contributed by atoms with Crippen LogP contribution in [-0.2, 0) is 11.3 Å². The summed E-state index contributed by atoms with van der Waals surface area (Å²) >= 11 is 5.98. The number of benzene rings is 1. The molecular formula is C19H19ClN2O2. The van der Waals surface area contributed by atoms with Gasteiger partial charge >= 0.3 is 5.97 Å². The fourth-order valence-electron chi connectivity index (χ4n) is 2.83. The SMILES string of the molecule is Cc1cc(Cl)ccc1CNC1=C(C(=O)O)N2C=CCCC=C2C=C1. The Balaban J connectivity index is 1.88. The maximum Gasteiger partial charge on any atom is 0.355 e. The third-order valence-electron chi connectivity index (χ3n) is 4.11. The number of nitrogens with one attached hydrogen (secondary N) is 1. The summed E-state index contributed by atoms with van der Waals surface area (Å²) < 4.78 is 0. The molecule has 0 spiro atoms. The topological polar surface area (TPSA) is 52.6 Å². The van der Waals surface area contributed by atoms with Crippen molar-refractivity contribution < 1.29 is 9.90 Å². The van der Waals surface area contributed by atoms with E-state index in [0.717, 1.165) is 29.7 Å². The smallest absolute Gasteiger partial charge is 0.355 e. The van der Waals surface area contributed by atoms with Crippen LogP contribution in [0.1, 0.15) is 24.0 Å². The Morgan fingerprint density at radius 2 is 2.17 bits per heavy atom. The molecule has 0 bridgehead atoms. The van der Waals surface area contributed by atoms with E-state index in [1.54, 1.807) is 4.90 Å². The van der Waals surface area contributed by atoms with Gasteiger partial charge < -0.3 is 15.3 Å². The van der Waals surface area contributed by atoms with Crippen LogP contribution in [-0.4, -0.2) is 16.0 Å². The Kier molecular flexibility index (Phi) is 4.76. The zero-order valence-electron chi connectivity index (χ0n) is 13.4. The number of carboxylic acids is 1. The van der Waals surface area contributed by atoms with Crippen LogP contribution >= 0.6 is 11.6 Å². The molecule has 1 aromatic rings. The number of rotatable bonds is 4. The maximum atomic E-state index is 11.8. The Bertz CT molecular complexity index is 791. The first-order valence-electron chi connectivity index (χ1n) is 7.87. The monoisotopic (exact) mass is 342 g/mol. The molecule has 124 valence electrons. The molecule has 0 aliphatic carbocycles. The first-order valence-corrected chi connectivity index (χ1v) is 8.24. The van der Waals surface area contributed by atoms with Gasteiger partial charge in [0.25, 0.3) is 0 Å². The number of allylic oxidation sites excluding steroid dienone is 4. The summed E-state index contributed by atoms with van der Waals surface area (Å²) in [4.78, 5) is 13.5. The number of aliphatic carboxylic acids is 1. The molecule has 0 unspecified atom stereocenters. The standard InChI is InChI=1S/C19H19ClN2O2/c1-13-11-15(20)7-6-14(13)12-21-17-9-8-16-5-3-2-4-10-22(16)18(17)19(23)24/h4-11,21H,2-3,12H2,1H3,(H,23,24). The second-order valence-corrected chi connectivity index (χ2v) is 6.22. The van der Waals surface area contributed by atoms with Gasteiger partial charge in [0, 0.05) is 23.5 Å². The lowest BCUT2D eigenvalue weighted by atomic mass is 10.1.